The van der Waals surface area contributed by atoms with Crippen LogP contribution in [0.15, 0.2) is 77.7 Å². The Kier molecular flexibility index (Phi) is 6.70. The summed E-state index contributed by atoms with van der Waals surface area (Å²) >= 11 is 0. The van der Waals surface area contributed by atoms with Crippen LogP contribution in [0, 0.1) is 11.8 Å². The second-order valence-corrected chi connectivity index (χ2v) is 10.4. The Morgan fingerprint density at radius 3 is 1.97 bits per heavy atom. The fraction of sp³-hybridized carbons (Fsp3) is 0.360. The molecule has 0 aromatic heterocycles. The van der Waals surface area contributed by atoms with Crippen LogP contribution in [0.5, 0.6) is 0 Å². The van der Waals surface area contributed by atoms with Crippen LogP contribution in [0.1, 0.15) is 26.3 Å². The Morgan fingerprint density at radius 2 is 1.49 bits per heavy atom. The molecule has 0 saturated carbocycles. The average molecular weight is 515 g/mol. The molecule has 1 aliphatic rings. The molecule has 188 valence electrons. The Morgan fingerprint density at radius 1 is 0.971 bits per heavy atom. The van der Waals surface area contributed by atoms with E-state index in [1.165, 1.54) is 30.3 Å². The molecule has 1 saturated heterocycles. The molecule has 2 aromatic rings. The van der Waals surface area contributed by atoms with Crippen LogP contribution in [0.2, 0.25) is 0 Å². The lowest BCUT2D eigenvalue weighted by atomic mass is 9.83. The number of benzene rings is 2. The van der Waals surface area contributed by atoms with Crippen molar-refractivity contribution in [2.45, 2.75) is 53.9 Å². The van der Waals surface area contributed by atoms with Gasteiger partial charge in [-0.3, -0.25) is 0 Å². The monoisotopic (exact) mass is 514 g/mol. The number of hydrogen-bond acceptors (Lipinski definition) is 4. The van der Waals surface area contributed by atoms with E-state index in [-0.39, 0.29) is 5.56 Å². The minimum atomic E-state index is -6.26. The predicted molar refractivity (Wildman–Crippen MR) is 119 cm³/mol. The largest absolute Gasteiger partial charge is 0.459 e. The summed E-state index contributed by atoms with van der Waals surface area (Å²) in [6, 6.07) is 13.8. The Labute approximate surface area is 200 Å². The van der Waals surface area contributed by atoms with Gasteiger partial charge in [-0.05, 0) is 50.6 Å². The molecule has 2 aromatic carbocycles. The van der Waals surface area contributed by atoms with Crippen LogP contribution < -0.4 is 0 Å². The summed E-state index contributed by atoms with van der Waals surface area (Å²) < 4.78 is 108. The van der Waals surface area contributed by atoms with E-state index in [0.717, 1.165) is 32.9 Å². The summed E-state index contributed by atoms with van der Waals surface area (Å²) in [5.74, 6) is -5.23. The fourth-order valence-electron chi connectivity index (χ4n) is 4.03. The molecule has 2 atom stereocenters. The van der Waals surface area contributed by atoms with Crippen molar-refractivity contribution in [1.29, 1.82) is 0 Å². The second-order valence-electron chi connectivity index (χ2n) is 8.33. The zero-order valence-electron chi connectivity index (χ0n) is 19.1. The van der Waals surface area contributed by atoms with Gasteiger partial charge in [0.15, 0.2) is 0 Å². The number of rotatable bonds is 5. The van der Waals surface area contributed by atoms with Gasteiger partial charge in [0.1, 0.15) is 0 Å². The zero-order valence-corrected chi connectivity index (χ0v) is 19.9. The Hall–Kier alpha value is -2.74. The lowest BCUT2D eigenvalue weighted by Gasteiger charge is -2.44. The first-order valence-electron chi connectivity index (χ1n) is 10.5. The van der Waals surface area contributed by atoms with Crippen LogP contribution in [0.3, 0.4) is 0 Å². The van der Waals surface area contributed by atoms with Crippen LogP contribution in [-0.2, 0) is 19.3 Å². The van der Waals surface area contributed by atoms with Crippen molar-refractivity contribution in [3.8, 4) is 11.8 Å². The topological polar surface area (TPSA) is 52.6 Å². The number of sulfone groups is 1. The van der Waals surface area contributed by atoms with E-state index in [1.54, 1.807) is 18.2 Å². The predicted octanol–water partition coefficient (Wildman–Crippen LogP) is 5.55. The summed E-state index contributed by atoms with van der Waals surface area (Å²) in [5, 5.41) is 0. The molecule has 0 bridgehead atoms. The van der Waals surface area contributed by atoms with Crippen LogP contribution in [0.4, 0.5) is 22.0 Å². The molecule has 0 radical (unpaired) electrons. The van der Waals surface area contributed by atoms with E-state index in [0.29, 0.717) is 0 Å². The minimum absolute atomic E-state index is 0.174. The van der Waals surface area contributed by atoms with E-state index < -0.39 is 55.1 Å². The third-order valence-corrected chi connectivity index (χ3v) is 8.06. The molecule has 0 amide bonds. The third kappa shape index (κ3) is 3.86. The molecule has 1 heterocycles. The van der Waals surface area contributed by atoms with Crippen LogP contribution in [-0.4, -0.2) is 43.3 Å². The molecule has 0 N–H and O–H groups in total. The molecule has 1 fully saturated rings. The molecule has 0 aliphatic carbocycles. The van der Waals surface area contributed by atoms with Gasteiger partial charge in [0.2, 0.25) is 14.6 Å². The van der Waals surface area contributed by atoms with Gasteiger partial charge < -0.3 is 9.47 Å². The van der Waals surface area contributed by atoms with Crippen molar-refractivity contribution >= 4 is 9.84 Å². The number of halogens is 5. The van der Waals surface area contributed by atoms with Gasteiger partial charge in [-0.25, -0.2) is 8.42 Å². The van der Waals surface area contributed by atoms with E-state index in [2.05, 4.69) is 18.4 Å². The third-order valence-electron chi connectivity index (χ3n) is 5.74. The first kappa shape index (κ1) is 26.9. The Bertz CT molecular complexity index is 1260. The smallest absolute Gasteiger partial charge is 0.343 e. The highest BCUT2D eigenvalue weighted by Crippen LogP contribution is 2.63. The highest BCUT2D eigenvalue weighted by atomic mass is 32.2. The summed E-state index contributed by atoms with van der Waals surface area (Å²) in [6.45, 7) is 6.34. The number of ether oxygens (including phenoxy) is 2. The SMILES string of the molecule is C=C1C(C)(C)O[C@](OCC)(C(F)(F)C(F)(F)F)[C@]1(C#Cc1ccccc1)S(=O)(=O)c1ccccc1. The molecule has 10 heteroatoms. The van der Waals surface area contributed by atoms with Crippen molar-refractivity contribution < 1.29 is 39.8 Å². The van der Waals surface area contributed by atoms with Crippen LogP contribution in [0.25, 0.3) is 0 Å². The first-order chi connectivity index (χ1) is 16.1. The fourth-order valence-corrected chi connectivity index (χ4v) is 6.24. The van der Waals surface area contributed by atoms with Gasteiger partial charge >= 0.3 is 12.1 Å². The lowest BCUT2D eigenvalue weighted by Crippen LogP contribution is -2.70. The van der Waals surface area contributed by atoms with Crippen molar-refractivity contribution in [3.63, 3.8) is 0 Å². The molecule has 0 spiro atoms. The van der Waals surface area contributed by atoms with Crippen molar-refractivity contribution in [2.75, 3.05) is 6.61 Å². The minimum Gasteiger partial charge on any atom is -0.343 e. The van der Waals surface area contributed by atoms with Gasteiger partial charge in [0, 0.05) is 12.2 Å². The van der Waals surface area contributed by atoms with E-state index in [9.17, 15) is 21.6 Å². The molecule has 0 unspecified atom stereocenters. The normalized spacial score (nSPS) is 24.6. The highest BCUT2D eigenvalue weighted by Gasteiger charge is 2.87. The molecule has 3 rings (SSSR count). The maximum atomic E-state index is 15.5. The van der Waals surface area contributed by atoms with Gasteiger partial charge in [0.05, 0.1) is 10.5 Å². The van der Waals surface area contributed by atoms with Gasteiger partial charge in [-0.1, -0.05) is 54.8 Å². The van der Waals surface area contributed by atoms with Gasteiger partial charge in [-0.2, -0.15) is 22.0 Å². The number of alkyl halides is 5. The van der Waals surface area contributed by atoms with Gasteiger partial charge in [0.25, 0.3) is 5.79 Å². The molecular formula is C25H23F5O4S. The quantitative estimate of drug-likeness (QED) is 0.299. The second kappa shape index (κ2) is 8.73. The maximum absolute atomic E-state index is 15.5. The van der Waals surface area contributed by atoms with Crippen molar-refractivity contribution in [2.24, 2.45) is 0 Å². The molecule has 35 heavy (non-hydrogen) atoms. The molecule has 1 aliphatic heterocycles. The summed E-state index contributed by atoms with van der Waals surface area (Å²) in [5.41, 5.74) is -2.44. The van der Waals surface area contributed by atoms with E-state index in [4.69, 9.17) is 9.47 Å². The summed E-state index contributed by atoms with van der Waals surface area (Å²) in [4.78, 5) is -0.549. The molecule has 4 nitrogen and oxygen atoms in total. The Balaban J connectivity index is 2.57. The highest BCUT2D eigenvalue weighted by molar-refractivity contribution is 7.93. The lowest BCUT2D eigenvalue weighted by molar-refractivity contribution is -0.417. The van der Waals surface area contributed by atoms with E-state index >= 15 is 8.78 Å². The maximum Gasteiger partial charge on any atom is 0.459 e. The average Bonchev–Trinajstić information content (AvgIpc) is 2.97. The van der Waals surface area contributed by atoms with Crippen molar-refractivity contribution in [1.82, 2.24) is 0 Å². The van der Waals surface area contributed by atoms with Crippen LogP contribution >= 0.6 is 0 Å². The summed E-state index contributed by atoms with van der Waals surface area (Å²) in [6.07, 6.45) is -6.26. The van der Waals surface area contributed by atoms with E-state index in [1.807, 2.05) is 0 Å². The molecular weight excluding hydrogens is 491 g/mol. The summed E-state index contributed by atoms with van der Waals surface area (Å²) in [7, 11) is -5.17. The zero-order chi connectivity index (χ0) is 26.3. The van der Waals surface area contributed by atoms with Crippen molar-refractivity contribution in [3.05, 3.63) is 78.4 Å². The number of hydrogen-bond donors (Lipinski definition) is 0. The van der Waals surface area contributed by atoms with Gasteiger partial charge in [-0.15, -0.1) is 0 Å². The first-order valence-corrected chi connectivity index (χ1v) is 12.0. The standard InChI is InChI=1S/C25H23F5O4S/c1-5-33-24(23(26,27)25(28,29)30)22(18(2)21(3,4)34-24,17-16-19-12-8-6-9-13-19)35(31,32)20-14-10-7-11-15-20/h6-15H,2,5H2,1,3-4H3/t22-,24+/m1/s1.